The fourth-order valence-electron chi connectivity index (χ4n) is 1.44. The van der Waals surface area contributed by atoms with E-state index in [-0.39, 0.29) is 5.28 Å². The van der Waals surface area contributed by atoms with Gasteiger partial charge in [-0.25, -0.2) is 9.97 Å². The van der Waals surface area contributed by atoms with E-state index in [1.54, 1.807) is 6.20 Å². The maximum atomic E-state index is 5.97. The van der Waals surface area contributed by atoms with E-state index in [1.165, 1.54) is 5.56 Å². The Morgan fingerprint density at radius 1 is 1.12 bits per heavy atom. The second kappa shape index (κ2) is 4.90. The van der Waals surface area contributed by atoms with E-state index in [0.29, 0.717) is 10.8 Å². The summed E-state index contributed by atoms with van der Waals surface area (Å²) in [4.78, 5) is 7.77. The lowest BCUT2D eigenvalue weighted by Gasteiger charge is -2.11. The SMILES string of the molecule is Cc1ccc(C)c(Nc2cnc(Cl)nc2Cl)c1. The van der Waals surface area contributed by atoms with Gasteiger partial charge in [-0.05, 0) is 42.6 Å². The van der Waals surface area contributed by atoms with Crippen molar-refractivity contribution in [1.82, 2.24) is 9.97 Å². The van der Waals surface area contributed by atoms with Crippen LogP contribution in [0.5, 0.6) is 0 Å². The van der Waals surface area contributed by atoms with Crippen LogP contribution in [0.3, 0.4) is 0 Å². The summed E-state index contributed by atoms with van der Waals surface area (Å²) in [5, 5.41) is 3.64. The van der Waals surface area contributed by atoms with Crippen molar-refractivity contribution < 1.29 is 0 Å². The van der Waals surface area contributed by atoms with Gasteiger partial charge < -0.3 is 5.32 Å². The van der Waals surface area contributed by atoms with Crippen LogP contribution in [0.25, 0.3) is 0 Å². The summed E-state index contributed by atoms with van der Waals surface area (Å²) in [6.07, 6.45) is 1.57. The standard InChI is InChI=1S/C12H11Cl2N3/c1-7-3-4-8(2)9(5-7)16-10-6-15-12(14)17-11(10)13/h3-6,16H,1-2H3. The van der Waals surface area contributed by atoms with E-state index in [1.807, 2.05) is 26.0 Å². The molecule has 0 saturated heterocycles. The van der Waals surface area contributed by atoms with Crippen molar-refractivity contribution >= 4 is 34.6 Å². The molecule has 5 heteroatoms. The molecule has 2 rings (SSSR count). The molecule has 1 aromatic heterocycles. The number of nitrogens with zero attached hydrogens (tertiary/aromatic N) is 2. The highest BCUT2D eigenvalue weighted by Gasteiger charge is 2.06. The highest BCUT2D eigenvalue weighted by Crippen LogP contribution is 2.26. The zero-order chi connectivity index (χ0) is 12.4. The molecule has 0 aliphatic carbocycles. The number of aromatic nitrogens is 2. The number of benzene rings is 1. The molecule has 0 saturated carbocycles. The van der Waals surface area contributed by atoms with Crippen LogP contribution in [-0.4, -0.2) is 9.97 Å². The van der Waals surface area contributed by atoms with E-state index in [0.717, 1.165) is 11.3 Å². The van der Waals surface area contributed by atoms with Gasteiger partial charge >= 0.3 is 0 Å². The Morgan fingerprint density at radius 2 is 1.88 bits per heavy atom. The molecule has 0 bridgehead atoms. The molecule has 17 heavy (non-hydrogen) atoms. The third-order valence-corrected chi connectivity index (χ3v) is 2.85. The zero-order valence-electron chi connectivity index (χ0n) is 9.46. The predicted octanol–water partition coefficient (Wildman–Crippen LogP) is 4.14. The Bertz CT molecular complexity index is 555. The van der Waals surface area contributed by atoms with Gasteiger partial charge in [-0.15, -0.1) is 0 Å². The summed E-state index contributed by atoms with van der Waals surface area (Å²) in [5.74, 6) is 0. The summed E-state index contributed by atoms with van der Waals surface area (Å²) >= 11 is 11.6. The Hall–Kier alpha value is -1.32. The first kappa shape index (κ1) is 12.1. The van der Waals surface area contributed by atoms with Crippen molar-refractivity contribution in [2.75, 3.05) is 5.32 Å². The molecule has 0 fully saturated rings. The van der Waals surface area contributed by atoms with E-state index >= 15 is 0 Å². The molecule has 0 aliphatic heterocycles. The van der Waals surface area contributed by atoms with Gasteiger partial charge in [0.15, 0.2) is 5.15 Å². The molecule has 1 N–H and O–H groups in total. The minimum atomic E-state index is 0.140. The lowest BCUT2D eigenvalue weighted by molar-refractivity contribution is 1.17. The van der Waals surface area contributed by atoms with Crippen molar-refractivity contribution in [1.29, 1.82) is 0 Å². The van der Waals surface area contributed by atoms with Gasteiger partial charge in [0.05, 0.1) is 11.9 Å². The van der Waals surface area contributed by atoms with Gasteiger partial charge in [0.1, 0.15) is 0 Å². The molecule has 0 radical (unpaired) electrons. The molecule has 0 spiro atoms. The molecule has 1 aromatic carbocycles. The summed E-state index contributed by atoms with van der Waals surface area (Å²) < 4.78 is 0. The van der Waals surface area contributed by atoms with Gasteiger partial charge in [-0.2, -0.15) is 0 Å². The average molecular weight is 268 g/mol. The van der Waals surface area contributed by atoms with Crippen LogP contribution < -0.4 is 5.32 Å². The lowest BCUT2D eigenvalue weighted by Crippen LogP contribution is -1.97. The third-order valence-electron chi connectivity index (χ3n) is 2.38. The molecule has 88 valence electrons. The van der Waals surface area contributed by atoms with Gasteiger partial charge in [0.25, 0.3) is 0 Å². The van der Waals surface area contributed by atoms with Crippen molar-refractivity contribution in [2.24, 2.45) is 0 Å². The third kappa shape index (κ3) is 2.87. The maximum Gasteiger partial charge on any atom is 0.223 e. The molecule has 2 aromatic rings. The molecular formula is C12H11Cl2N3. The summed E-state index contributed by atoms with van der Waals surface area (Å²) in [7, 11) is 0. The van der Waals surface area contributed by atoms with Crippen molar-refractivity contribution in [2.45, 2.75) is 13.8 Å². The van der Waals surface area contributed by atoms with Gasteiger partial charge in [-0.3, -0.25) is 0 Å². The number of halogens is 2. The van der Waals surface area contributed by atoms with E-state index in [4.69, 9.17) is 23.2 Å². The van der Waals surface area contributed by atoms with E-state index in [9.17, 15) is 0 Å². The summed E-state index contributed by atoms with van der Waals surface area (Å²) in [6, 6.07) is 6.14. The Balaban J connectivity index is 2.34. The first-order valence-corrected chi connectivity index (χ1v) is 5.84. The Morgan fingerprint density at radius 3 is 2.59 bits per heavy atom. The number of aryl methyl sites for hydroxylation is 2. The van der Waals surface area contributed by atoms with Gasteiger partial charge in [0, 0.05) is 5.69 Å². The van der Waals surface area contributed by atoms with Crippen molar-refractivity contribution in [3.63, 3.8) is 0 Å². The van der Waals surface area contributed by atoms with Crippen LogP contribution in [0, 0.1) is 13.8 Å². The predicted molar refractivity (Wildman–Crippen MR) is 71.3 cm³/mol. The van der Waals surface area contributed by atoms with E-state index < -0.39 is 0 Å². The molecular weight excluding hydrogens is 257 g/mol. The number of rotatable bonds is 2. The number of hydrogen-bond donors (Lipinski definition) is 1. The largest absolute Gasteiger partial charge is 0.352 e. The summed E-state index contributed by atoms with van der Waals surface area (Å²) in [6.45, 7) is 4.05. The molecule has 3 nitrogen and oxygen atoms in total. The molecule has 0 amide bonds. The fraction of sp³-hybridized carbons (Fsp3) is 0.167. The zero-order valence-corrected chi connectivity index (χ0v) is 11.0. The quantitative estimate of drug-likeness (QED) is 0.657. The number of anilines is 2. The monoisotopic (exact) mass is 267 g/mol. The van der Waals surface area contributed by atoms with Crippen LogP contribution in [0.1, 0.15) is 11.1 Å². The van der Waals surface area contributed by atoms with Crippen LogP contribution in [0.15, 0.2) is 24.4 Å². The highest BCUT2D eigenvalue weighted by atomic mass is 35.5. The smallest absolute Gasteiger partial charge is 0.223 e. The Kier molecular flexibility index (Phi) is 3.50. The average Bonchev–Trinajstić information content (AvgIpc) is 2.27. The normalized spacial score (nSPS) is 10.4. The highest BCUT2D eigenvalue weighted by molar-refractivity contribution is 6.33. The molecule has 1 heterocycles. The fourth-order valence-corrected chi connectivity index (χ4v) is 1.79. The van der Waals surface area contributed by atoms with E-state index in [2.05, 4.69) is 21.4 Å². The van der Waals surface area contributed by atoms with Gasteiger partial charge in [-0.1, -0.05) is 23.7 Å². The first-order valence-electron chi connectivity index (χ1n) is 5.08. The first-order chi connectivity index (χ1) is 8.06. The molecule has 0 atom stereocenters. The number of hydrogen-bond acceptors (Lipinski definition) is 3. The summed E-state index contributed by atoms with van der Waals surface area (Å²) in [5.41, 5.74) is 3.92. The maximum absolute atomic E-state index is 5.97. The topological polar surface area (TPSA) is 37.8 Å². The molecule has 0 unspecified atom stereocenters. The number of nitrogens with one attached hydrogen (secondary N) is 1. The van der Waals surface area contributed by atoms with Crippen LogP contribution >= 0.6 is 23.2 Å². The van der Waals surface area contributed by atoms with Crippen LogP contribution in [-0.2, 0) is 0 Å². The van der Waals surface area contributed by atoms with Crippen molar-refractivity contribution in [3.05, 3.63) is 46.0 Å². The van der Waals surface area contributed by atoms with Gasteiger partial charge in [0.2, 0.25) is 5.28 Å². The van der Waals surface area contributed by atoms with Crippen molar-refractivity contribution in [3.8, 4) is 0 Å². The Labute approximate surface area is 110 Å². The lowest BCUT2D eigenvalue weighted by atomic mass is 10.1. The molecule has 0 aliphatic rings. The van der Waals surface area contributed by atoms with Crippen LogP contribution in [0.4, 0.5) is 11.4 Å². The van der Waals surface area contributed by atoms with Crippen LogP contribution in [0.2, 0.25) is 10.4 Å². The second-order valence-electron chi connectivity index (χ2n) is 3.79. The minimum Gasteiger partial charge on any atom is -0.352 e. The minimum absolute atomic E-state index is 0.140. The second-order valence-corrected chi connectivity index (χ2v) is 4.48.